The number of aromatic nitrogens is 3. The molecule has 156 valence electrons. The Kier molecular flexibility index (Phi) is 6.73. The van der Waals surface area contributed by atoms with E-state index in [-0.39, 0.29) is 16.2 Å². The molecule has 30 heavy (non-hydrogen) atoms. The smallest absolute Gasteiger partial charge is 0.335 e. The molecule has 0 amide bonds. The fourth-order valence-electron chi connectivity index (χ4n) is 2.84. The van der Waals surface area contributed by atoms with Crippen LogP contribution >= 0.6 is 11.8 Å². The van der Waals surface area contributed by atoms with Crippen LogP contribution in [0.4, 0.5) is 0 Å². The summed E-state index contributed by atoms with van der Waals surface area (Å²) in [6.45, 7) is 5.96. The number of nitrogens with zero attached hydrogens (tertiary/aromatic N) is 3. The van der Waals surface area contributed by atoms with E-state index in [4.69, 9.17) is 0 Å². The number of rotatable bonds is 9. The van der Waals surface area contributed by atoms with Crippen LogP contribution < -0.4 is 0 Å². The van der Waals surface area contributed by atoms with Crippen LogP contribution in [0.2, 0.25) is 0 Å². The van der Waals surface area contributed by atoms with Gasteiger partial charge in [-0.05, 0) is 30.7 Å². The Bertz CT molecular complexity index is 1170. The first-order chi connectivity index (χ1) is 14.3. The molecule has 1 N–H and O–H groups in total. The quantitative estimate of drug-likeness (QED) is 0.397. The number of thioether (sulfide) groups is 1. The van der Waals surface area contributed by atoms with E-state index in [0.29, 0.717) is 28.8 Å². The van der Waals surface area contributed by atoms with Gasteiger partial charge >= 0.3 is 5.97 Å². The van der Waals surface area contributed by atoms with Gasteiger partial charge in [-0.1, -0.05) is 53.7 Å². The lowest BCUT2D eigenvalue weighted by Gasteiger charge is -2.09. The summed E-state index contributed by atoms with van der Waals surface area (Å²) in [6, 6.07) is 13.4. The molecule has 0 aliphatic carbocycles. The fourth-order valence-corrected chi connectivity index (χ4v) is 5.08. The minimum absolute atomic E-state index is 0.224. The van der Waals surface area contributed by atoms with Crippen molar-refractivity contribution in [2.45, 2.75) is 35.0 Å². The van der Waals surface area contributed by atoms with E-state index in [0.717, 1.165) is 5.56 Å². The third-order valence-corrected chi connectivity index (χ3v) is 7.05. The van der Waals surface area contributed by atoms with Gasteiger partial charge in [-0.3, -0.25) is 0 Å². The van der Waals surface area contributed by atoms with Crippen LogP contribution in [0, 0.1) is 6.92 Å². The number of aryl methyl sites for hydroxylation is 1. The maximum atomic E-state index is 12.8. The Balaban J connectivity index is 1.84. The second-order valence-electron chi connectivity index (χ2n) is 6.62. The molecule has 0 aliphatic heterocycles. The molecule has 3 aromatic rings. The number of carbonyl (C=O) groups is 1. The van der Waals surface area contributed by atoms with Crippen molar-refractivity contribution in [2.75, 3.05) is 0 Å². The Morgan fingerprint density at radius 3 is 2.53 bits per heavy atom. The van der Waals surface area contributed by atoms with Gasteiger partial charge in [0.1, 0.15) is 11.6 Å². The summed E-state index contributed by atoms with van der Waals surface area (Å²) in [6.07, 6.45) is 1.64. The van der Waals surface area contributed by atoms with Crippen LogP contribution in [0.25, 0.3) is 0 Å². The second-order valence-corrected chi connectivity index (χ2v) is 9.55. The van der Waals surface area contributed by atoms with E-state index < -0.39 is 15.8 Å². The first-order valence-electron chi connectivity index (χ1n) is 9.08. The highest BCUT2D eigenvalue weighted by Gasteiger charge is 2.21. The molecule has 0 atom stereocenters. The van der Waals surface area contributed by atoms with Crippen molar-refractivity contribution in [3.8, 4) is 0 Å². The summed E-state index contributed by atoms with van der Waals surface area (Å²) in [5.41, 5.74) is 1.85. The van der Waals surface area contributed by atoms with E-state index in [1.54, 1.807) is 59.2 Å². The molecule has 0 saturated heterocycles. The number of benzene rings is 2. The number of aromatic carboxylic acids is 1. The van der Waals surface area contributed by atoms with Gasteiger partial charge in [0.05, 0.1) is 10.5 Å². The van der Waals surface area contributed by atoms with E-state index >= 15 is 0 Å². The Morgan fingerprint density at radius 1 is 1.17 bits per heavy atom. The highest BCUT2D eigenvalue weighted by molar-refractivity contribution is 7.98. The van der Waals surface area contributed by atoms with Gasteiger partial charge in [-0.15, -0.1) is 16.8 Å². The van der Waals surface area contributed by atoms with E-state index in [9.17, 15) is 18.3 Å². The molecule has 0 saturated carbocycles. The topological polar surface area (TPSA) is 102 Å². The maximum absolute atomic E-state index is 12.8. The summed E-state index contributed by atoms with van der Waals surface area (Å²) in [4.78, 5) is 11.6. The van der Waals surface area contributed by atoms with Crippen LogP contribution in [-0.2, 0) is 27.9 Å². The minimum Gasteiger partial charge on any atom is -0.478 e. The van der Waals surface area contributed by atoms with Crippen molar-refractivity contribution in [3.05, 3.63) is 83.7 Å². The lowest BCUT2D eigenvalue weighted by atomic mass is 10.1. The van der Waals surface area contributed by atoms with Gasteiger partial charge in [0, 0.05) is 12.3 Å². The molecule has 0 radical (unpaired) electrons. The Morgan fingerprint density at radius 2 is 1.87 bits per heavy atom. The van der Waals surface area contributed by atoms with Crippen molar-refractivity contribution in [1.82, 2.24) is 14.8 Å². The molecule has 0 bridgehead atoms. The summed E-state index contributed by atoms with van der Waals surface area (Å²) in [7, 11) is -3.59. The van der Waals surface area contributed by atoms with Crippen molar-refractivity contribution in [2.24, 2.45) is 0 Å². The van der Waals surface area contributed by atoms with Crippen molar-refractivity contribution >= 4 is 27.6 Å². The number of sulfone groups is 1. The highest BCUT2D eigenvalue weighted by Crippen LogP contribution is 2.25. The van der Waals surface area contributed by atoms with Gasteiger partial charge in [0.2, 0.25) is 0 Å². The number of carboxylic acids is 1. The third-order valence-electron chi connectivity index (χ3n) is 4.41. The number of carboxylic acid groups (broad SMARTS) is 1. The zero-order valence-corrected chi connectivity index (χ0v) is 18.0. The number of allylic oxidation sites excluding steroid dienone is 1. The average molecular weight is 444 g/mol. The molecule has 7 nitrogen and oxygen atoms in total. The lowest BCUT2D eigenvalue weighted by Crippen LogP contribution is -2.11. The van der Waals surface area contributed by atoms with Crippen LogP contribution in [0.15, 0.2) is 71.2 Å². The molecule has 1 aromatic heterocycles. The zero-order chi connectivity index (χ0) is 21.7. The monoisotopic (exact) mass is 443 g/mol. The average Bonchev–Trinajstić information content (AvgIpc) is 3.08. The first-order valence-corrected chi connectivity index (χ1v) is 11.7. The minimum atomic E-state index is -3.59. The highest BCUT2D eigenvalue weighted by atomic mass is 32.2. The van der Waals surface area contributed by atoms with Crippen LogP contribution in [0.5, 0.6) is 0 Å². The standard InChI is InChI=1S/C21H21N3O4S2/c1-3-12-24-19(14-30(27,28)17-10-8-15(2)9-11-17)22-23-21(24)29-13-16-6-4-5-7-18(16)20(25)26/h3-11H,1,12-14H2,2H3,(H,25,26). The molecule has 0 spiro atoms. The number of hydrogen-bond donors (Lipinski definition) is 1. The predicted molar refractivity (Wildman–Crippen MR) is 115 cm³/mol. The molecule has 0 aliphatic rings. The molecular weight excluding hydrogens is 422 g/mol. The largest absolute Gasteiger partial charge is 0.478 e. The first kappa shape index (κ1) is 21.8. The molecule has 1 heterocycles. The van der Waals surface area contributed by atoms with Crippen molar-refractivity contribution in [1.29, 1.82) is 0 Å². The summed E-state index contributed by atoms with van der Waals surface area (Å²) in [5.74, 6) is -0.612. The third kappa shape index (κ3) is 4.98. The predicted octanol–water partition coefficient (Wildman–Crippen LogP) is 3.74. The number of hydrogen-bond acceptors (Lipinski definition) is 6. The Labute approximate surface area is 179 Å². The van der Waals surface area contributed by atoms with Gasteiger partial charge in [0.15, 0.2) is 15.0 Å². The molecular formula is C21H21N3O4S2. The van der Waals surface area contributed by atoms with E-state index in [2.05, 4.69) is 16.8 Å². The fraction of sp³-hybridized carbons (Fsp3) is 0.190. The Hall–Kier alpha value is -2.91. The SMILES string of the molecule is C=CCn1c(CS(=O)(=O)c2ccc(C)cc2)nnc1SCc1ccccc1C(=O)O. The zero-order valence-electron chi connectivity index (χ0n) is 16.4. The second kappa shape index (κ2) is 9.27. The molecule has 9 heteroatoms. The van der Waals surface area contributed by atoms with Gasteiger partial charge in [-0.25, -0.2) is 13.2 Å². The normalized spacial score (nSPS) is 11.4. The van der Waals surface area contributed by atoms with Gasteiger partial charge < -0.3 is 9.67 Å². The lowest BCUT2D eigenvalue weighted by molar-refractivity contribution is 0.0696. The summed E-state index contributed by atoms with van der Waals surface area (Å²) < 4.78 is 27.3. The molecule has 0 fully saturated rings. The molecule has 0 unspecified atom stereocenters. The van der Waals surface area contributed by atoms with E-state index in [1.165, 1.54) is 11.8 Å². The molecule has 2 aromatic carbocycles. The van der Waals surface area contributed by atoms with Crippen LogP contribution in [0.1, 0.15) is 27.3 Å². The van der Waals surface area contributed by atoms with Crippen molar-refractivity contribution in [3.63, 3.8) is 0 Å². The van der Waals surface area contributed by atoms with Crippen LogP contribution in [0.3, 0.4) is 0 Å². The summed E-state index contributed by atoms with van der Waals surface area (Å²) >= 11 is 1.30. The van der Waals surface area contributed by atoms with Gasteiger partial charge in [0.25, 0.3) is 0 Å². The molecule has 3 rings (SSSR count). The summed E-state index contributed by atoms with van der Waals surface area (Å²) in [5, 5.41) is 18.1. The van der Waals surface area contributed by atoms with Crippen molar-refractivity contribution < 1.29 is 18.3 Å². The maximum Gasteiger partial charge on any atom is 0.335 e. The van der Waals surface area contributed by atoms with E-state index in [1.807, 2.05) is 6.92 Å². The van der Waals surface area contributed by atoms with Gasteiger partial charge in [-0.2, -0.15) is 0 Å². The van der Waals surface area contributed by atoms with Crippen LogP contribution in [-0.4, -0.2) is 34.3 Å².